The van der Waals surface area contributed by atoms with Gasteiger partial charge in [0, 0.05) is 36.8 Å². The van der Waals surface area contributed by atoms with E-state index in [1.165, 1.54) is 16.4 Å². The summed E-state index contributed by atoms with van der Waals surface area (Å²) in [6.07, 6.45) is 0.921. The molecule has 0 radical (unpaired) electrons. The molecule has 3 rings (SSSR count). The van der Waals surface area contributed by atoms with Gasteiger partial charge in [-0.15, -0.1) is 0 Å². The van der Waals surface area contributed by atoms with Crippen LogP contribution in [0.4, 0.5) is 0 Å². The normalized spacial score (nSPS) is 15.4. The molecule has 0 aliphatic carbocycles. The fourth-order valence-electron chi connectivity index (χ4n) is 2.98. The molecule has 1 fully saturated rings. The molecule has 0 unspecified atom stereocenters. The number of carbonyl (C=O) groups excluding carboxylic acids is 1. The smallest absolute Gasteiger partial charge is 0.253 e. The quantitative estimate of drug-likeness (QED) is 0.716. The van der Waals surface area contributed by atoms with Gasteiger partial charge >= 0.3 is 0 Å². The van der Waals surface area contributed by atoms with Crippen LogP contribution in [-0.4, -0.2) is 56.3 Å². The Morgan fingerprint density at radius 3 is 2.18 bits per heavy atom. The second kappa shape index (κ2) is 8.94. The standard InChI is InChI=1S/C20H23ClN2O4S/c1-2-15-27-18-7-3-16(4-8-18)20(24)22-11-13-23(14-12-22)28(25,26)19-9-5-17(21)6-10-19/h3-10H,2,11-15H2,1H3. The number of sulfonamides is 1. The zero-order valence-corrected chi connectivity index (χ0v) is 17.2. The first-order valence-corrected chi connectivity index (χ1v) is 11.0. The number of halogens is 1. The maximum Gasteiger partial charge on any atom is 0.253 e. The van der Waals surface area contributed by atoms with E-state index in [0.717, 1.165) is 12.2 Å². The van der Waals surface area contributed by atoms with Crippen molar-refractivity contribution in [3.8, 4) is 5.75 Å². The van der Waals surface area contributed by atoms with Crippen molar-refractivity contribution in [1.29, 1.82) is 0 Å². The summed E-state index contributed by atoms with van der Waals surface area (Å²) in [6, 6.07) is 13.2. The summed E-state index contributed by atoms with van der Waals surface area (Å²) in [6.45, 7) is 3.88. The predicted molar refractivity (Wildman–Crippen MR) is 108 cm³/mol. The van der Waals surface area contributed by atoms with E-state index in [1.54, 1.807) is 41.3 Å². The lowest BCUT2D eigenvalue weighted by Crippen LogP contribution is -2.50. The summed E-state index contributed by atoms with van der Waals surface area (Å²) >= 11 is 5.83. The summed E-state index contributed by atoms with van der Waals surface area (Å²) < 4.78 is 32.4. The van der Waals surface area contributed by atoms with Gasteiger partial charge in [0.1, 0.15) is 5.75 Å². The van der Waals surface area contributed by atoms with Gasteiger partial charge in [0.25, 0.3) is 5.91 Å². The molecule has 2 aromatic carbocycles. The van der Waals surface area contributed by atoms with Crippen LogP contribution in [0.15, 0.2) is 53.4 Å². The van der Waals surface area contributed by atoms with Gasteiger partial charge in [-0.05, 0) is 55.0 Å². The van der Waals surface area contributed by atoms with Crippen molar-refractivity contribution in [2.45, 2.75) is 18.2 Å². The number of benzene rings is 2. The van der Waals surface area contributed by atoms with Gasteiger partial charge in [-0.25, -0.2) is 8.42 Å². The second-order valence-corrected chi connectivity index (χ2v) is 8.90. The van der Waals surface area contributed by atoms with Crippen LogP contribution in [0.25, 0.3) is 0 Å². The van der Waals surface area contributed by atoms with E-state index < -0.39 is 10.0 Å². The number of carbonyl (C=O) groups is 1. The molecule has 0 aromatic heterocycles. The molecule has 0 saturated carbocycles. The van der Waals surface area contributed by atoms with Crippen molar-refractivity contribution in [3.05, 3.63) is 59.1 Å². The Morgan fingerprint density at radius 2 is 1.61 bits per heavy atom. The Balaban J connectivity index is 1.61. The lowest BCUT2D eigenvalue weighted by atomic mass is 10.2. The van der Waals surface area contributed by atoms with Crippen LogP contribution in [0, 0.1) is 0 Å². The van der Waals surface area contributed by atoms with Crippen molar-refractivity contribution >= 4 is 27.5 Å². The lowest BCUT2D eigenvalue weighted by molar-refractivity contribution is 0.0698. The highest BCUT2D eigenvalue weighted by Gasteiger charge is 2.30. The molecule has 1 aliphatic rings. The summed E-state index contributed by atoms with van der Waals surface area (Å²) in [7, 11) is -3.59. The second-order valence-electron chi connectivity index (χ2n) is 6.52. The van der Waals surface area contributed by atoms with Crippen LogP contribution in [0.2, 0.25) is 5.02 Å². The van der Waals surface area contributed by atoms with Gasteiger partial charge in [-0.3, -0.25) is 4.79 Å². The van der Waals surface area contributed by atoms with Crippen LogP contribution in [0.1, 0.15) is 23.7 Å². The van der Waals surface area contributed by atoms with Crippen molar-refractivity contribution in [2.75, 3.05) is 32.8 Å². The molecule has 1 amide bonds. The predicted octanol–water partition coefficient (Wildman–Crippen LogP) is 3.28. The average Bonchev–Trinajstić information content (AvgIpc) is 2.72. The first-order chi connectivity index (χ1) is 13.4. The van der Waals surface area contributed by atoms with Crippen LogP contribution in [0.3, 0.4) is 0 Å². The first kappa shape index (κ1) is 20.6. The van der Waals surface area contributed by atoms with Gasteiger partial charge < -0.3 is 9.64 Å². The number of rotatable bonds is 6. The fraction of sp³-hybridized carbons (Fsp3) is 0.350. The van der Waals surface area contributed by atoms with Gasteiger partial charge in [0.05, 0.1) is 11.5 Å². The Bertz CT molecular complexity index is 906. The van der Waals surface area contributed by atoms with Gasteiger partial charge in [-0.1, -0.05) is 18.5 Å². The Hall–Kier alpha value is -2.09. The highest BCUT2D eigenvalue weighted by molar-refractivity contribution is 7.89. The zero-order valence-electron chi connectivity index (χ0n) is 15.7. The molecule has 0 N–H and O–H groups in total. The van der Waals surface area contributed by atoms with Crippen molar-refractivity contribution in [3.63, 3.8) is 0 Å². The topological polar surface area (TPSA) is 66.9 Å². The number of hydrogen-bond donors (Lipinski definition) is 0. The Labute approximate surface area is 170 Å². The van der Waals surface area contributed by atoms with Gasteiger partial charge in [0.15, 0.2) is 0 Å². The summed E-state index contributed by atoms with van der Waals surface area (Å²) in [5.74, 6) is 0.628. The summed E-state index contributed by atoms with van der Waals surface area (Å²) in [5.41, 5.74) is 0.567. The van der Waals surface area contributed by atoms with Crippen molar-refractivity contribution in [1.82, 2.24) is 9.21 Å². The molecule has 1 saturated heterocycles. The van der Waals surface area contributed by atoms with Crippen LogP contribution in [-0.2, 0) is 10.0 Å². The van der Waals surface area contributed by atoms with Gasteiger partial charge in [-0.2, -0.15) is 4.31 Å². The third kappa shape index (κ3) is 4.66. The Morgan fingerprint density at radius 1 is 1.00 bits per heavy atom. The molecule has 8 heteroatoms. The van der Waals surface area contributed by atoms with Crippen LogP contribution in [0.5, 0.6) is 5.75 Å². The maximum atomic E-state index is 12.7. The van der Waals surface area contributed by atoms with E-state index in [1.807, 2.05) is 6.92 Å². The molecule has 0 bridgehead atoms. The molecule has 1 aliphatic heterocycles. The van der Waals surface area contributed by atoms with Crippen LogP contribution >= 0.6 is 11.6 Å². The van der Waals surface area contributed by atoms with E-state index in [0.29, 0.717) is 30.3 Å². The molecule has 2 aromatic rings. The average molecular weight is 423 g/mol. The van der Waals surface area contributed by atoms with E-state index >= 15 is 0 Å². The molecular formula is C20H23ClN2O4S. The van der Waals surface area contributed by atoms with E-state index in [4.69, 9.17) is 16.3 Å². The third-order valence-corrected chi connectivity index (χ3v) is 6.72. The highest BCUT2D eigenvalue weighted by atomic mass is 35.5. The van der Waals surface area contributed by atoms with E-state index in [2.05, 4.69) is 0 Å². The minimum absolute atomic E-state index is 0.106. The number of hydrogen-bond acceptors (Lipinski definition) is 4. The van der Waals surface area contributed by atoms with Crippen molar-refractivity contribution < 1.29 is 17.9 Å². The number of ether oxygens (including phenoxy) is 1. The zero-order chi connectivity index (χ0) is 20.1. The maximum absolute atomic E-state index is 12.7. The molecule has 6 nitrogen and oxygen atoms in total. The molecule has 0 spiro atoms. The minimum Gasteiger partial charge on any atom is -0.494 e. The lowest BCUT2D eigenvalue weighted by Gasteiger charge is -2.34. The molecule has 1 heterocycles. The molecule has 150 valence electrons. The summed E-state index contributed by atoms with van der Waals surface area (Å²) in [5, 5.41) is 0.487. The summed E-state index contributed by atoms with van der Waals surface area (Å²) in [4.78, 5) is 14.6. The number of nitrogens with zero attached hydrogens (tertiary/aromatic N) is 2. The molecule has 0 atom stereocenters. The largest absolute Gasteiger partial charge is 0.494 e. The number of piperazine rings is 1. The van der Waals surface area contributed by atoms with Crippen LogP contribution < -0.4 is 4.74 Å². The van der Waals surface area contributed by atoms with Gasteiger partial charge in [0.2, 0.25) is 10.0 Å². The fourth-order valence-corrected chi connectivity index (χ4v) is 4.53. The highest BCUT2D eigenvalue weighted by Crippen LogP contribution is 2.21. The van der Waals surface area contributed by atoms with Crippen molar-refractivity contribution in [2.24, 2.45) is 0 Å². The third-order valence-electron chi connectivity index (χ3n) is 4.55. The Kier molecular flexibility index (Phi) is 6.59. The molecule has 28 heavy (non-hydrogen) atoms. The number of amides is 1. The first-order valence-electron chi connectivity index (χ1n) is 9.19. The molecular weight excluding hydrogens is 400 g/mol. The SMILES string of the molecule is CCCOc1ccc(C(=O)N2CCN(S(=O)(=O)c3ccc(Cl)cc3)CC2)cc1. The monoisotopic (exact) mass is 422 g/mol. The van der Waals surface area contributed by atoms with E-state index in [9.17, 15) is 13.2 Å². The minimum atomic E-state index is -3.59. The van der Waals surface area contributed by atoms with E-state index in [-0.39, 0.29) is 23.9 Å².